The minimum atomic E-state index is -0.580. The average Bonchev–Trinajstić information content (AvgIpc) is 3.28. The smallest absolute Gasteiger partial charge is 0.255 e. The highest BCUT2D eigenvalue weighted by molar-refractivity contribution is 7.99. The van der Waals surface area contributed by atoms with E-state index in [0.29, 0.717) is 59.1 Å². The monoisotopic (exact) mass is 430 g/mol. The van der Waals surface area contributed by atoms with Crippen molar-refractivity contribution in [1.82, 2.24) is 4.90 Å². The number of hydrogen-bond donors (Lipinski definition) is 1. The van der Waals surface area contributed by atoms with Crippen molar-refractivity contribution in [2.45, 2.75) is 6.04 Å². The average molecular weight is 430 g/mol. The molecule has 2 heterocycles. The van der Waals surface area contributed by atoms with Crippen LogP contribution in [-0.2, 0) is 4.79 Å². The van der Waals surface area contributed by atoms with E-state index >= 15 is 0 Å². The molecule has 9 heteroatoms. The Hall–Kier alpha value is -3.07. The summed E-state index contributed by atoms with van der Waals surface area (Å²) in [6, 6.07) is 9.74. The van der Waals surface area contributed by atoms with Gasteiger partial charge in [0.2, 0.25) is 11.7 Å². The third-order valence-corrected chi connectivity index (χ3v) is 5.89. The molecular weight excluding hydrogens is 408 g/mol. The van der Waals surface area contributed by atoms with Crippen LogP contribution < -0.4 is 24.3 Å². The Labute approximate surface area is 178 Å². The number of nitrogens with one attached hydrogen (secondary N) is 1. The van der Waals surface area contributed by atoms with E-state index in [2.05, 4.69) is 5.32 Å². The molecule has 2 aromatic rings. The number of ether oxygens (including phenoxy) is 4. The quantitative estimate of drug-likeness (QED) is 0.780. The molecule has 0 aromatic heterocycles. The van der Waals surface area contributed by atoms with E-state index in [-0.39, 0.29) is 11.8 Å². The van der Waals surface area contributed by atoms with Crippen molar-refractivity contribution < 1.29 is 28.5 Å². The normalized spacial score (nSPS) is 17.4. The van der Waals surface area contributed by atoms with E-state index < -0.39 is 6.04 Å². The molecule has 2 aliphatic rings. The highest BCUT2D eigenvalue weighted by atomic mass is 32.2. The maximum atomic E-state index is 13.2. The molecule has 1 N–H and O–H groups in total. The predicted octanol–water partition coefficient (Wildman–Crippen LogP) is 2.63. The van der Waals surface area contributed by atoms with Gasteiger partial charge in [-0.3, -0.25) is 9.59 Å². The minimum absolute atomic E-state index is 0.233. The number of nitrogens with zero attached hydrogens (tertiary/aromatic N) is 1. The number of fused-ring (bicyclic) bond motifs is 1. The highest BCUT2D eigenvalue weighted by Gasteiger charge is 2.36. The number of thioether (sulfide) groups is 1. The first-order valence-corrected chi connectivity index (χ1v) is 10.6. The number of benzene rings is 2. The lowest BCUT2D eigenvalue weighted by molar-refractivity contribution is -0.119. The van der Waals surface area contributed by atoms with Gasteiger partial charge in [-0.25, -0.2) is 0 Å². The van der Waals surface area contributed by atoms with E-state index in [0.717, 1.165) is 0 Å². The molecule has 0 bridgehead atoms. The van der Waals surface area contributed by atoms with E-state index in [1.54, 1.807) is 48.4 Å². The van der Waals surface area contributed by atoms with Crippen LogP contribution in [0.25, 0.3) is 0 Å². The van der Waals surface area contributed by atoms with Crippen molar-refractivity contribution in [1.29, 1.82) is 0 Å². The summed E-state index contributed by atoms with van der Waals surface area (Å²) < 4.78 is 21.7. The van der Waals surface area contributed by atoms with Gasteiger partial charge >= 0.3 is 0 Å². The standard InChI is InChI=1S/C21H22N2O6S/c1-26-15-5-3-14(4-6-15)22-20(24)16-11-30-12-23(16)21(25)13-9-17(27-2)19-18(10-13)28-7-8-29-19/h3-6,9-10,16H,7-8,11-12H2,1-2H3,(H,22,24). The number of amides is 2. The zero-order valence-corrected chi connectivity index (χ0v) is 17.5. The lowest BCUT2D eigenvalue weighted by Gasteiger charge is -2.25. The summed E-state index contributed by atoms with van der Waals surface area (Å²) in [4.78, 5) is 27.6. The molecule has 2 amide bonds. The molecule has 0 saturated carbocycles. The van der Waals surface area contributed by atoms with Crippen LogP contribution >= 0.6 is 11.8 Å². The van der Waals surface area contributed by atoms with E-state index in [1.165, 1.54) is 18.9 Å². The molecule has 1 saturated heterocycles. The van der Waals surface area contributed by atoms with Gasteiger partial charge in [0, 0.05) is 17.0 Å². The van der Waals surface area contributed by atoms with Gasteiger partial charge in [-0.2, -0.15) is 0 Å². The summed E-state index contributed by atoms with van der Waals surface area (Å²) in [5.41, 5.74) is 1.03. The molecule has 2 aliphatic heterocycles. The highest BCUT2D eigenvalue weighted by Crippen LogP contribution is 2.41. The number of carbonyl (C=O) groups is 2. The second kappa shape index (κ2) is 8.74. The molecule has 8 nitrogen and oxygen atoms in total. The number of hydrogen-bond acceptors (Lipinski definition) is 7. The van der Waals surface area contributed by atoms with Gasteiger partial charge in [-0.1, -0.05) is 0 Å². The second-order valence-corrected chi connectivity index (χ2v) is 7.71. The van der Waals surface area contributed by atoms with Crippen LogP contribution in [0.4, 0.5) is 5.69 Å². The predicted molar refractivity (Wildman–Crippen MR) is 113 cm³/mol. The maximum absolute atomic E-state index is 13.2. The summed E-state index contributed by atoms with van der Waals surface area (Å²) in [7, 11) is 3.10. The molecule has 2 aromatic carbocycles. The Morgan fingerprint density at radius 1 is 1.10 bits per heavy atom. The van der Waals surface area contributed by atoms with Gasteiger partial charge in [-0.15, -0.1) is 11.8 Å². The molecule has 158 valence electrons. The molecule has 4 rings (SSSR count). The Morgan fingerprint density at radius 3 is 2.60 bits per heavy atom. The van der Waals surface area contributed by atoms with Crippen molar-refractivity contribution in [2.75, 3.05) is 44.4 Å². The fourth-order valence-electron chi connectivity index (χ4n) is 3.32. The Bertz CT molecular complexity index is 932. The van der Waals surface area contributed by atoms with Crippen LogP contribution in [-0.4, -0.2) is 61.8 Å². The SMILES string of the molecule is COc1ccc(NC(=O)C2CSCN2C(=O)c2cc(OC)c3c(c2)OCCO3)cc1. The number of rotatable bonds is 5. The molecule has 1 fully saturated rings. The van der Waals surface area contributed by atoms with E-state index in [1.807, 2.05) is 0 Å². The lowest BCUT2D eigenvalue weighted by atomic mass is 10.1. The van der Waals surface area contributed by atoms with Gasteiger partial charge in [0.05, 0.1) is 20.1 Å². The first-order chi connectivity index (χ1) is 14.6. The maximum Gasteiger partial charge on any atom is 0.255 e. The first-order valence-electron chi connectivity index (χ1n) is 9.42. The number of carbonyl (C=O) groups excluding carboxylic acids is 2. The van der Waals surface area contributed by atoms with Crippen LogP contribution in [0.3, 0.4) is 0 Å². The van der Waals surface area contributed by atoms with Crippen molar-refractivity contribution in [3.63, 3.8) is 0 Å². The fraction of sp³-hybridized carbons (Fsp3) is 0.333. The Balaban J connectivity index is 1.52. The van der Waals surface area contributed by atoms with Gasteiger partial charge in [0.15, 0.2) is 11.5 Å². The van der Waals surface area contributed by atoms with Crippen molar-refractivity contribution in [3.05, 3.63) is 42.0 Å². The largest absolute Gasteiger partial charge is 0.497 e. The van der Waals surface area contributed by atoms with Crippen LogP contribution in [0, 0.1) is 0 Å². The molecule has 0 aliphatic carbocycles. The van der Waals surface area contributed by atoms with Gasteiger partial charge in [0.25, 0.3) is 5.91 Å². The van der Waals surface area contributed by atoms with Crippen molar-refractivity contribution >= 4 is 29.3 Å². The zero-order chi connectivity index (χ0) is 21.1. The minimum Gasteiger partial charge on any atom is -0.497 e. The van der Waals surface area contributed by atoms with Crippen LogP contribution in [0.15, 0.2) is 36.4 Å². The molecule has 1 atom stereocenters. The topological polar surface area (TPSA) is 86.3 Å². The molecule has 0 spiro atoms. The Morgan fingerprint density at radius 2 is 1.87 bits per heavy atom. The zero-order valence-electron chi connectivity index (χ0n) is 16.7. The summed E-state index contributed by atoms with van der Waals surface area (Å²) >= 11 is 1.53. The lowest BCUT2D eigenvalue weighted by Crippen LogP contribution is -2.44. The van der Waals surface area contributed by atoms with Crippen molar-refractivity contribution in [3.8, 4) is 23.0 Å². The van der Waals surface area contributed by atoms with Crippen molar-refractivity contribution in [2.24, 2.45) is 0 Å². The summed E-state index contributed by atoms with van der Waals surface area (Å²) in [6.45, 7) is 0.827. The number of methoxy groups -OCH3 is 2. The second-order valence-electron chi connectivity index (χ2n) is 6.71. The van der Waals surface area contributed by atoms with Gasteiger partial charge < -0.3 is 29.2 Å². The molecular formula is C21H22N2O6S. The van der Waals surface area contributed by atoms with E-state index in [4.69, 9.17) is 18.9 Å². The van der Waals surface area contributed by atoms with E-state index in [9.17, 15) is 9.59 Å². The summed E-state index contributed by atoms with van der Waals surface area (Å²) in [5, 5.41) is 2.87. The summed E-state index contributed by atoms with van der Waals surface area (Å²) in [5.74, 6) is 2.55. The third-order valence-electron chi connectivity index (χ3n) is 4.88. The molecule has 30 heavy (non-hydrogen) atoms. The van der Waals surface area contributed by atoms with Gasteiger partial charge in [0.1, 0.15) is 25.0 Å². The molecule has 0 radical (unpaired) electrons. The van der Waals surface area contributed by atoms with Gasteiger partial charge in [-0.05, 0) is 36.4 Å². The fourth-order valence-corrected chi connectivity index (χ4v) is 4.48. The number of anilines is 1. The summed E-state index contributed by atoms with van der Waals surface area (Å²) in [6.07, 6.45) is 0. The van der Waals surface area contributed by atoms with Crippen LogP contribution in [0.2, 0.25) is 0 Å². The van der Waals surface area contributed by atoms with Crippen LogP contribution in [0.1, 0.15) is 10.4 Å². The Kier molecular flexibility index (Phi) is 5.89. The first kappa shape index (κ1) is 20.2. The van der Waals surface area contributed by atoms with Crippen LogP contribution in [0.5, 0.6) is 23.0 Å². The molecule has 1 unspecified atom stereocenters. The third kappa shape index (κ3) is 3.97.